The van der Waals surface area contributed by atoms with Crippen LogP contribution in [-0.2, 0) is 19.7 Å². The molecule has 2 rings (SSSR count). The average Bonchev–Trinajstić information content (AvgIpc) is 2.55. The molecule has 0 aliphatic carbocycles. The minimum Gasteiger partial charge on any atom is -0.333 e. The average molecular weight is 451 g/mol. The van der Waals surface area contributed by atoms with Crippen molar-refractivity contribution in [2.75, 3.05) is 26.0 Å². The molecule has 6 nitrogen and oxygen atoms in total. The van der Waals surface area contributed by atoms with E-state index in [0.29, 0.717) is 29.6 Å². The van der Waals surface area contributed by atoms with Crippen molar-refractivity contribution in [1.29, 1.82) is 0 Å². The lowest BCUT2D eigenvalue weighted by Crippen LogP contribution is -2.55. The van der Waals surface area contributed by atoms with Crippen molar-refractivity contribution in [3.63, 3.8) is 0 Å². The summed E-state index contributed by atoms with van der Waals surface area (Å²) in [6.07, 6.45) is 3.05. The predicted molar refractivity (Wildman–Crippen MR) is 113 cm³/mol. The van der Waals surface area contributed by atoms with E-state index in [1.54, 1.807) is 17.0 Å². The number of hydrogen-bond acceptors (Lipinski definition) is 4. The molecule has 1 unspecified atom stereocenters. The number of carbonyl (C=O) groups excluding carboxylic acids is 1. The Morgan fingerprint density at radius 1 is 1.29 bits per heavy atom. The van der Waals surface area contributed by atoms with Crippen molar-refractivity contribution in [2.45, 2.75) is 51.0 Å². The molecule has 1 N–H and O–H groups in total. The van der Waals surface area contributed by atoms with Crippen LogP contribution in [0.4, 0.5) is 4.79 Å². The predicted octanol–water partition coefficient (Wildman–Crippen LogP) is 4.20. The molecular formula is C19H28Cl2N2O4S. The van der Waals surface area contributed by atoms with Crippen LogP contribution in [-0.4, -0.2) is 50.8 Å². The van der Waals surface area contributed by atoms with Crippen molar-refractivity contribution >= 4 is 39.4 Å². The van der Waals surface area contributed by atoms with Crippen LogP contribution in [0.25, 0.3) is 0 Å². The van der Waals surface area contributed by atoms with Crippen LogP contribution in [0.1, 0.15) is 45.6 Å². The normalized spacial score (nSPS) is 20.9. The molecule has 28 heavy (non-hydrogen) atoms. The smallest absolute Gasteiger partial charge is 0.317 e. The second-order valence-electron chi connectivity index (χ2n) is 8.39. The number of amides is 2. The number of nitrogens with one attached hydrogen (secondary N) is 1. The van der Waals surface area contributed by atoms with Crippen LogP contribution in [0.2, 0.25) is 10.0 Å². The van der Waals surface area contributed by atoms with Crippen molar-refractivity contribution in [3.8, 4) is 0 Å². The number of piperidine rings is 1. The van der Waals surface area contributed by atoms with Gasteiger partial charge >= 0.3 is 6.03 Å². The third-order valence-corrected chi connectivity index (χ3v) is 6.09. The maximum atomic E-state index is 12.7. The summed E-state index contributed by atoms with van der Waals surface area (Å²) in [4.78, 5) is 14.5. The zero-order valence-corrected chi connectivity index (χ0v) is 19.0. The van der Waals surface area contributed by atoms with E-state index < -0.39 is 15.5 Å². The van der Waals surface area contributed by atoms with E-state index in [2.05, 4.69) is 5.32 Å². The zero-order valence-electron chi connectivity index (χ0n) is 16.7. The van der Waals surface area contributed by atoms with Gasteiger partial charge in [-0.25, -0.2) is 4.79 Å². The summed E-state index contributed by atoms with van der Waals surface area (Å²) < 4.78 is 27.8. The molecule has 1 fully saturated rings. The van der Waals surface area contributed by atoms with Crippen LogP contribution in [0.15, 0.2) is 18.2 Å². The molecule has 0 aromatic heterocycles. The van der Waals surface area contributed by atoms with Gasteiger partial charge in [0.05, 0.1) is 22.9 Å². The van der Waals surface area contributed by atoms with Crippen LogP contribution < -0.4 is 5.32 Å². The molecule has 1 aliphatic rings. The van der Waals surface area contributed by atoms with E-state index in [4.69, 9.17) is 27.4 Å². The summed E-state index contributed by atoms with van der Waals surface area (Å²) in [7, 11) is -3.54. The maximum absolute atomic E-state index is 12.7. The highest BCUT2D eigenvalue weighted by Crippen LogP contribution is 2.39. The van der Waals surface area contributed by atoms with Crippen LogP contribution >= 0.6 is 23.2 Å². The van der Waals surface area contributed by atoms with Gasteiger partial charge in [0.2, 0.25) is 0 Å². The Hall–Kier alpha value is -1.02. The lowest BCUT2D eigenvalue weighted by molar-refractivity contribution is 0.128. The highest BCUT2D eigenvalue weighted by atomic mass is 35.5. The molecule has 0 spiro atoms. The Bertz CT molecular complexity index is 824. The Kier molecular flexibility index (Phi) is 7.29. The Balaban J connectivity index is 2.31. The molecule has 0 bridgehead atoms. The molecule has 1 atom stereocenters. The summed E-state index contributed by atoms with van der Waals surface area (Å²) in [6.45, 7) is 6.91. The first-order valence-electron chi connectivity index (χ1n) is 9.18. The van der Waals surface area contributed by atoms with Gasteiger partial charge in [-0.1, -0.05) is 29.3 Å². The molecule has 158 valence electrons. The monoisotopic (exact) mass is 450 g/mol. The number of rotatable bonds is 5. The maximum Gasteiger partial charge on any atom is 0.317 e. The first kappa shape index (κ1) is 23.3. The quantitative estimate of drug-likeness (QED) is 0.681. The standard InChI is InChI=1S/C19H28Cl2N2O4S/c1-18(2,3)22-17(24)23-10-5-8-19(13-23,9-11-27-28(4,25)26)14-6-7-15(20)16(21)12-14/h6-7,12H,5,8-11,13H2,1-4H3,(H,22,24). The van der Waals surface area contributed by atoms with Gasteiger partial charge < -0.3 is 10.2 Å². The number of halogens is 2. The highest BCUT2D eigenvalue weighted by molar-refractivity contribution is 7.85. The molecular weight excluding hydrogens is 423 g/mol. The third-order valence-electron chi connectivity index (χ3n) is 4.76. The van der Waals surface area contributed by atoms with Gasteiger partial charge in [-0.3, -0.25) is 4.18 Å². The van der Waals surface area contributed by atoms with Crippen molar-refractivity contribution in [2.24, 2.45) is 0 Å². The number of nitrogens with zero attached hydrogens (tertiary/aromatic N) is 1. The molecule has 1 aromatic rings. The second kappa shape index (κ2) is 8.78. The molecule has 1 heterocycles. The Morgan fingerprint density at radius 3 is 2.54 bits per heavy atom. The fourth-order valence-electron chi connectivity index (χ4n) is 3.50. The fourth-order valence-corrected chi connectivity index (χ4v) is 4.19. The second-order valence-corrected chi connectivity index (χ2v) is 10.8. The number of urea groups is 1. The van der Waals surface area contributed by atoms with Gasteiger partial charge in [0.15, 0.2) is 0 Å². The largest absolute Gasteiger partial charge is 0.333 e. The van der Waals surface area contributed by atoms with E-state index in [0.717, 1.165) is 24.7 Å². The van der Waals surface area contributed by atoms with E-state index >= 15 is 0 Å². The first-order valence-corrected chi connectivity index (χ1v) is 11.8. The van der Waals surface area contributed by atoms with E-state index in [1.807, 2.05) is 26.8 Å². The molecule has 1 aromatic carbocycles. The van der Waals surface area contributed by atoms with Gasteiger partial charge in [0.1, 0.15) is 0 Å². The van der Waals surface area contributed by atoms with Crippen LogP contribution in [0.5, 0.6) is 0 Å². The lowest BCUT2D eigenvalue weighted by atomic mass is 9.72. The minimum atomic E-state index is -3.54. The fraction of sp³-hybridized carbons (Fsp3) is 0.632. The number of benzene rings is 1. The van der Waals surface area contributed by atoms with Crippen molar-refractivity contribution < 1.29 is 17.4 Å². The molecule has 1 saturated heterocycles. The zero-order chi connectivity index (χ0) is 21.2. The van der Waals surface area contributed by atoms with E-state index in [-0.39, 0.29) is 18.2 Å². The summed E-state index contributed by atoms with van der Waals surface area (Å²) in [6, 6.07) is 5.28. The van der Waals surface area contributed by atoms with Gasteiger partial charge in [0.25, 0.3) is 10.1 Å². The number of hydrogen-bond donors (Lipinski definition) is 1. The summed E-state index contributed by atoms with van der Waals surface area (Å²) in [5.41, 5.74) is 0.110. The van der Waals surface area contributed by atoms with Gasteiger partial charge in [0, 0.05) is 24.0 Å². The van der Waals surface area contributed by atoms with Gasteiger partial charge in [-0.05, 0) is 57.7 Å². The number of carbonyl (C=O) groups is 1. The van der Waals surface area contributed by atoms with Gasteiger partial charge in [-0.2, -0.15) is 8.42 Å². The van der Waals surface area contributed by atoms with Crippen molar-refractivity contribution in [1.82, 2.24) is 10.2 Å². The highest BCUT2D eigenvalue weighted by Gasteiger charge is 2.39. The molecule has 0 radical (unpaired) electrons. The van der Waals surface area contributed by atoms with Crippen LogP contribution in [0.3, 0.4) is 0 Å². The lowest BCUT2D eigenvalue weighted by Gasteiger charge is -2.44. The third kappa shape index (κ3) is 6.51. The number of likely N-dealkylation sites (tertiary alicyclic amines) is 1. The molecule has 1 aliphatic heterocycles. The molecule has 0 saturated carbocycles. The SMILES string of the molecule is CC(C)(C)NC(=O)N1CCCC(CCOS(C)(=O)=O)(c2ccc(Cl)c(Cl)c2)C1. The summed E-state index contributed by atoms with van der Waals surface area (Å²) >= 11 is 12.3. The topological polar surface area (TPSA) is 75.7 Å². The molecule has 2 amide bonds. The Morgan fingerprint density at radius 2 is 1.96 bits per heavy atom. The van der Waals surface area contributed by atoms with Gasteiger partial charge in [-0.15, -0.1) is 0 Å². The summed E-state index contributed by atoms with van der Waals surface area (Å²) in [5.74, 6) is 0. The first-order chi connectivity index (χ1) is 12.8. The van der Waals surface area contributed by atoms with Crippen LogP contribution in [0, 0.1) is 0 Å². The van der Waals surface area contributed by atoms with E-state index in [1.165, 1.54) is 0 Å². The Labute approximate surface area is 177 Å². The summed E-state index contributed by atoms with van der Waals surface area (Å²) in [5, 5.41) is 3.87. The van der Waals surface area contributed by atoms with Crippen molar-refractivity contribution in [3.05, 3.63) is 33.8 Å². The molecule has 9 heteroatoms. The minimum absolute atomic E-state index is 0.0355. The van der Waals surface area contributed by atoms with E-state index in [9.17, 15) is 13.2 Å².